The van der Waals surface area contributed by atoms with Crippen LogP contribution in [-0.2, 0) is 0 Å². The zero-order valence-electron chi connectivity index (χ0n) is 14.4. The van der Waals surface area contributed by atoms with Gasteiger partial charge in [0.05, 0.1) is 0 Å². The Morgan fingerprint density at radius 3 is 2.62 bits per heavy atom. The zero-order chi connectivity index (χ0) is 17.9. The van der Waals surface area contributed by atoms with Crippen molar-refractivity contribution in [2.45, 2.75) is 18.9 Å². The van der Waals surface area contributed by atoms with E-state index in [0.29, 0.717) is 28.8 Å². The van der Waals surface area contributed by atoms with E-state index < -0.39 is 0 Å². The smallest absolute Gasteiger partial charge is 0.251 e. The average molecular weight is 348 g/mol. The summed E-state index contributed by atoms with van der Waals surface area (Å²) in [4.78, 5) is 19.0. The molecule has 3 aliphatic heterocycles. The molecule has 26 heavy (non-hydrogen) atoms. The van der Waals surface area contributed by atoms with E-state index in [-0.39, 0.29) is 11.9 Å². The third-order valence-electron chi connectivity index (χ3n) is 5.15. The van der Waals surface area contributed by atoms with Crippen LogP contribution in [0.15, 0.2) is 42.5 Å². The Balaban J connectivity index is 1.39. The molecule has 0 spiro atoms. The first kappa shape index (κ1) is 16.6. The molecule has 3 saturated heterocycles. The van der Waals surface area contributed by atoms with Gasteiger partial charge in [0.1, 0.15) is 17.5 Å². The van der Waals surface area contributed by atoms with Crippen LogP contribution in [-0.4, -0.2) is 41.5 Å². The van der Waals surface area contributed by atoms with Crippen LogP contribution in [0.4, 0.5) is 0 Å². The monoisotopic (exact) mass is 348 g/mol. The number of aromatic nitrogens is 1. The number of nitriles is 1. The van der Waals surface area contributed by atoms with Gasteiger partial charge in [-0.2, -0.15) is 5.26 Å². The highest BCUT2D eigenvalue weighted by Gasteiger charge is 2.34. The Kier molecular flexibility index (Phi) is 4.55. The Morgan fingerprint density at radius 1 is 1.19 bits per heavy atom. The van der Waals surface area contributed by atoms with E-state index in [0.717, 1.165) is 19.6 Å². The largest absolute Gasteiger partial charge is 0.439 e. The van der Waals surface area contributed by atoms with E-state index in [2.05, 4.69) is 15.2 Å². The third kappa shape index (κ3) is 3.53. The molecule has 3 fully saturated rings. The lowest BCUT2D eigenvalue weighted by atomic mass is 9.84. The molecule has 0 saturated carbocycles. The Hall–Kier alpha value is -2.91. The fourth-order valence-electron chi connectivity index (χ4n) is 3.71. The Labute approximate surface area is 152 Å². The molecule has 132 valence electrons. The van der Waals surface area contributed by atoms with Gasteiger partial charge < -0.3 is 15.0 Å². The summed E-state index contributed by atoms with van der Waals surface area (Å²) in [6, 6.07) is 14.2. The average Bonchev–Trinajstić information content (AvgIpc) is 2.69. The number of ether oxygens (including phenoxy) is 1. The Morgan fingerprint density at radius 2 is 1.96 bits per heavy atom. The predicted molar refractivity (Wildman–Crippen MR) is 95.9 cm³/mol. The molecule has 1 amide bonds. The summed E-state index contributed by atoms with van der Waals surface area (Å²) < 4.78 is 5.65. The maximum absolute atomic E-state index is 12.5. The first-order valence-corrected chi connectivity index (χ1v) is 8.89. The lowest BCUT2D eigenvalue weighted by molar-refractivity contribution is 0.0620. The summed E-state index contributed by atoms with van der Waals surface area (Å²) >= 11 is 0. The van der Waals surface area contributed by atoms with Crippen LogP contribution in [0.5, 0.6) is 11.6 Å². The number of benzene rings is 1. The van der Waals surface area contributed by atoms with Crippen molar-refractivity contribution in [3.63, 3.8) is 0 Å². The lowest BCUT2D eigenvalue weighted by Crippen LogP contribution is -2.57. The zero-order valence-corrected chi connectivity index (χ0v) is 14.4. The van der Waals surface area contributed by atoms with Gasteiger partial charge in [0.2, 0.25) is 5.88 Å². The van der Waals surface area contributed by atoms with Crippen LogP contribution in [0.25, 0.3) is 0 Å². The number of piperidine rings is 3. The summed E-state index contributed by atoms with van der Waals surface area (Å²) in [6.07, 6.45) is 2.35. The third-order valence-corrected chi connectivity index (χ3v) is 5.15. The summed E-state index contributed by atoms with van der Waals surface area (Å²) in [6.45, 7) is 3.27. The molecule has 0 aliphatic carbocycles. The van der Waals surface area contributed by atoms with Gasteiger partial charge in [-0.05, 0) is 62.2 Å². The van der Waals surface area contributed by atoms with Gasteiger partial charge in [0, 0.05) is 24.2 Å². The van der Waals surface area contributed by atoms with Gasteiger partial charge in [-0.1, -0.05) is 6.07 Å². The number of rotatable bonds is 4. The van der Waals surface area contributed by atoms with E-state index in [9.17, 15) is 4.79 Å². The number of amides is 1. The highest BCUT2D eigenvalue weighted by molar-refractivity contribution is 5.94. The van der Waals surface area contributed by atoms with Gasteiger partial charge in [0.25, 0.3) is 5.91 Å². The Bertz CT molecular complexity index is 836. The highest BCUT2D eigenvalue weighted by Crippen LogP contribution is 2.28. The molecule has 4 heterocycles. The molecule has 3 aliphatic rings. The van der Waals surface area contributed by atoms with Crippen molar-refractivity contribution in [3.8, 4) is 17.7 Å². The molecule has 2 bridgehead atoms. The van der Waals surface area contributed by atoms with Gasteiger partial charge in [-0.3, -0.25) is 4.79 Å². The van der Waals surface area contributed by atoms with Crippen molar-refractivity contribution < 1.29 is 9.53 Å². The second kappa shape index (κ2) is 7.14. The topological polar surface area (TPSA) is 78.2 Å². The molecule has 1 atom stereocenters. The van der Waals surface area contributed by atoms with E-state index in [1.54, 1.807) is 42.5 Å². The fourth-order valence-corrected chi connectivity index (χ4v) is 3.71. The molecular weight excluding hydrogens is 328 g/mol. The second-order valence-electron chi connectivity index (χ2n) is 6.82. The van der Waals surface area contributed by atoms with Crippen molar-refractivity contribution >= 4 is 5.91 Å². The number of nitrogens with one attached hydrogen (secondary N) is 1. The molecule has 0 radical (unpaired) electrons. The van der Waals surface area contributed by atoms with Crippen LogP contribution in [0, 0.1) is 17.2 Å². The van der Waals surface area contributed by atoms with E-state index in [4.69, 9.17) is 10.00 Å². The van der Waals surface area contributed by atoms with E-state index in [1.807, 2.05) is 6.07 Å². The lowest BCUT2D eigenvalue weighted by Gasteiger charge is -2.44. The normalized spacial score (nSPS) is 23.9. The maximum atomic E-state index is 12.5. The van der Waals surface area contributed by atoms with E-state index >= 15 is 0 Å². The van der Waals surface area contributed by atoms with Crippen molar-refractivity contribution in [3.05, 3.63) is 53.7 Å². The predicted octanol–water partition coefficient (Wildman–Crippen LogP) is 2.57. The van der Waals surface area contributed by atoms with Crippen LogP contribution in [0.1, 0.15) is 28.9 Å². The van der Waals surface area contributed by atoms with Gasteiger partial charge in [0.15, 0.2) is 0 Å². The molecule has 1 N–H and O–H groups in total. The number of nitrogens with zero attached hydrogens (tertiary/aromatic N) is 3. The molecule has 5 rings (SSSR count). The quantitative estimate of drug-likeness (QED) is 0.919. The number of carbonyl (C=O) groups is 1. The van der Waals surface area contributed by atoms with Gasteiger partial charge in [-0.15, -0.1) is 0 Å². The summed E-state index contributed by atoms with van der Waals surface area (Å²) in [5, 5.41) is 12.1. The van der Waals surface area contributed by atoms with Crippen LogP contribution >= 0.6 is 0 Å². The number of pyridine rings is 1. The molecular formula is C20H20N4O2. The molecule has 1 aromatic carbocycles. The maximum Gasteiger partial charge on any atom is 0.251 e. The number of hydrogen-bond acceptors (Lipinski definition) is 5. The molecule has 2 aromatic rings. The van der Waals surface area contributed by atoms with Crippen molar-refractivity contribution in [2.75, 3.05) is 19.6 Å². The standard InChI is InChI=1S/C20H20N4O2/c21-12-16-2-1-3-19(22-16)26-17-6-4-15(5-7-17)20(25)23-18-13-24-10-8-14(18)9-11-24/h1-7,14,18H,8-11,13H2,(H,23,25). The van der Waals surface area contributed by atoms with Gasteiger partial charge in [-0.25, -0.2) is 4.98 Å². The van der Waals surface area contributed by atoms with Crippen molar-refractivity contribution in [1.82, 2.24) is 15.2 Å². The van der Waals surface area contributed by atoms with Crippen LogP contribution in [0.2, 0.25) is 0 Å². The second-order valence-corrected chi connectivity index (χ2v) is 6.82. The van der Waals surface area contributed by atoms with Gasteiger partial charge >= 0.3 is 0 Å². The van der Waals surface area contributed by atoms with Crippen molar-refractivity contribution in [2.24, 2.45) is 5.92 Å². The fraction of sp³-hybridized carbons (Fsp3) is 0.350. The molecule has 1 unspecified atom stereocenters. The molecule has 6 nitrogen and oxygen atoms in total. The van der Waals surface area contributed by atoms with E-state index in [1.165, 1.54) is 12.8 Å². The number of hydrogen-bond donors (Lipinski definition) is 1. The summed E-state index contributed by atoms with van der Waals surface area (Å²) in [5.74, 6) is 1.49. The minimum atomic E-state index is -0.0418. The summed E-state index contributed by atoms with van der Waals surface area (Å²) in [5.41, 5.74) is 0.920. The van der Waals surface area contributed by atoms with Crippen LogP contribution < -0.4 is 10.1 Å². The van der Waals surface area contributed by atoms with Crippen LogP contribution in [0.3, 0.4) is 0 Å². The molecule has 1 aromatic heterocycles. The minimum absolute atomic E-state index is 0.0418. The molecule has 6 heteroatoms. The first-order valence-electron chi connectivity index (χ1n) is 8.89. The first-order chi connectivity index (χ1) is 12.7. The minimum Gasteiger partial charge on any atom is -0.439 e. The highest BCUT2D eigenvalue weighted by atomic mass is 16.5. The number of carbonyl (C=O) groups excluding carboxylic acids is 1. The number of fused-ring (bicyclic) bond motifs is 3. The van der Waals surface area contributed by atoms with Crippen molar-refractivity contribution in [1.29, 1.82) is 5.26 Å². The summed E-state index contributed by atoms with van der Waals surface area (Å²) in [7, 11) is 0. The SMILES string of the molecule is N#Cc1cccc(Oc2ccc(C(=O)NC3CN4CCC3CC4)cc2)n1.